The second-order valence-corrected chi connectivity index (χ2v) is 7.13. The van der Waals surface area contributed by atoms with Gasteiger partial charge in [-0.3, -0.25) is 9.89 Å². The number of nitrogens with one attached hydrogen (secondary N) is 2. The molecule has 2 fully saturated rings. The summed E-state index contributed by atoms with van der Waals surface area (Å²) in [7, 11) is 3.61. The van der Waals surface area contributed by atoms with Gasteiger partial charge in [-0.1, -0.05) is 24.6 Å². The summed E-state index contributed by atoms with van der Waals surface area (Å²) >= 11 is 0. The van der Waals surface area contributed by atoms with E-state index in [1.54, 1.807) is 7.11 Å². The van der Waals surface area contributed by atoms with E-state index in [1.165, 1.54) is 37.7 Å². The van der Waals surface area contributed by atoms with Crippen LogP contribution >= 0.6 is 0 Å². The van der Waals surface area contributed by atoms with E-state index < -0.39 is 0 Å². The number of methoxy groups -OCH3 is 1. The van der Waals surface area contributed by atoms with Crippen molar-refractivity contribution in [3.8, 4) is 5.75 Å². The molecule has 5 nitrogen and oxygen atoms in total. The summed E-state index contributed by atoms with van der Waals surface area (Å²) in [5.74, 6) is 2.72. The van der Waals surface area contributed by atoms with Gasteiger partial charge in [-0.25, -0.2) is 0 Å². The van der Waals surface area contributed by atoms with E-state index in [2.05, 4.69) is 38.7 Å². The van der Waals surface area contributed by atoms with Gasteiger partial charge in [-0.15, -0.1) is 0 Å². The monoisotopic (exact) mass is 344 g/mol. The molecule has 2 N–H and O–H groups in total. The highest BCUT2D eigenvalue weighted by Crippen LogP contribution is 2.31. The Morgan fingerprint density at radius 1 is 1.20 bits per heavy atom. The molecule has 25 heavy (non-hydrogen) atoms. The normalized spacial score (nSPS) is 20.2. The summed E-state index contributed by atoms with van der Waals surface area (Å²) in [6.07, 6.45) is 6.59. The molecule has 0 aromatic heterocycles. The number of guanidine groups is 1. The van der Waals surface area contributed by atoms with Gasteiger partial charge in [-0.05, 0) is 50.8 Å². The lowest BCUT2D eigenvalue weighted by atomic mass is 10.0. The van der Waals surface area contributed by atoms with Crippen molar-refractivity contribution in [2.75, 3.05) is 40.3 Å². The van der Waals surface area contributed by atoms with Crippen molar-refractivity contribution in [1.82, 2.24) is 15.5 Å². The van der Waals surface area contributed by atoms with Crippen molar-refractivity contribution in [1.29, 1.82) is 0 Å². The number of nitrogens with zero attached hydrogens (tertiary/aromatic N) is 2. The number of hydrogen-bond donors (Lipinski definition) is 2. The van der Waals surface area contributed by atoms with Crippen LogP contribution in [0.25, 0.3) is 0 Å². The summed E-state index contributed by atoms with van der Waals surface area (Å²) < 4.78 is 5.64. The number of para-hydroxylation sites is 1. The summed E-state index contributed by atoms with van der Waals surface area (Å²) in [5.41, 5.74) is 1.26. The van der Waals surface area contributed by atoms with Gasteiger partial charge in [0.2, 0.25) is 0 Å². The van der Waals surface area contributed by atoms with E-state index in [1.807, 2.05) is 13.1 Å². The van der Waals surface area contributed by atoms with Gasteiger partial charge in [0, 0.05) is 25.7 Å². The van der Waals surface area contributed by atoms with Crippen molar-refractivity contribution in [3.05, 3.63) is 29.8 Å². The molecular formula is C20H32N4O. The van der Waals surface area contributed by atoms with E-state index in [9.17, 15) is 0 Å². The summed E-state index contributed by atoms with van der Waals surface area (Å²) in [4.78, 5) is 6.97. The molecule has 1 saturated heterocycles. The summed E-state index contributed by atoms with van der Waals surface area (Å²) in [6.45, 7) is 4.17. The van der Waals surface area contributed by atoms with Gasteiger partial charge in [0.15, 0.2) is 5.96 Å². The van der Waals surface area contributed by atoms with Crippen molar-refractivity contribution >= 4 is 5.96 Å². The lowest BCUT2D eigenvalue weighted by molar-refractivity contribution is 0.161. The zero-order valence-corrected chi connectivity index (χ0v) is 15.6. The Morgan fingerprint density at radius 2 is 1.96 bits per heavy atom. The Hall–Kier alpha value is -1.75. The molecule has 1 heterocycles. The molecule has 5 heteroatoms. The lowest BCUT2D eigenvalue weighted by Crippen LogP contribution is -2.45. The quantitative estimate of drug-likeness (QED) is 0.590. The van der Waals surface area contributed by atoms with Crippen molar-refractivity contribution < 1.29 is 4.74 Å². The maximum absolute atomic E-state index is 5.64. The van der Waals surface area contributed by atoms with Gasteiger partial charge < -0.3 is 15.4 Å². The maximum atomic E-state index is 5.64. The first-order chi connectivity index (χ1) is 12.3. The fourth-order valence-corrected chi connectivity index (χ4v) is 3.58. The number of benzene rings is 1. The van der Waals surface area contributed by atoms with E-state index in [0.717, 1.165) is 43.8 Å². The Balaban J connectivity index is 1.69. The molecule has 1 aromatic carbocycles. The first-order valence-electron chi connectivity index (χ1n) is 9.63. The lowest BCUT2D eigenvalue weighted by Gasteiger charge is -2.35. The third kappa shape index (κ3) is 5.11. The van der Waals surface area contributed by atoms with Crippen LogP contribution in [0, 0.1) is 5.92 Å². The zero-order valence-electron chi connectivity index (χ0n) is 15.6. The van der Waals surface area contributed by atoms with E-state index in [0.29, 0.717) is 6.04 Å². The molecule has 1 atom stereocenters. The van der Waals surface area contributed by atoms with Crippen LogP contribution in [-0.2, 0) is 0 Å². The largest absolute Gasteiger partial charge is 0.496 e. The van der Waals surface area contributed by atoms with Crippen LogP contribution in [0.15, 0.2) is 29.3 Å². The minimum atomic E-state index is 0.302. The second-order valence-electron chi connectivity index (χ2n) is 7.13. The van der Waals surface area contributed by atoms with Crippen LogP contribution in [0.3, 0.4) is 0 Å². The molecule has 3 rings (SSSR count). The van der Waals surface area contributed by atoms with Crippen LogP contribution in [0.4, 0.5) is 0 Å². The van der Waals surface area contributed by atoms with Crippen LogP contribution in [0.5, 0.6) is 5.75 Å². The van der Waals surface area contributed by atoms with Gasteiger partial charge >= 0.3 is 0 Å². The third-order valence-electron chi connectivity index (χ3n) is 5.27. The van der Waals surface area contributed by atoms with Gasteiger partial charge in [0.1, 0.15) is 5.75 Å². The predicted molar refractivity (Wildman–Crippen MR) is 103 cm³/mol. The molecule has 2 aliphatic rings. The average molecular weight is 345 g/mol. The third-order valence-corrected chi connectivity index (χ3v) is 5.27. The number of piperidine rings is 1. The molecular weight excluding hydrogens is 312 g/mol. The molecule has 1 saturated carbocycles. The van der Waals surface area contributed by atoms with Crippen molar-refractivity contribution in [3.63, 3.8) is 0 Å². The van der Waals surface area contributed by atoms with Crippen LogP contribution in [-0.4, -0.2) is 51.2 Å². The Bertz CT molecular complexity index is 565. The average Bonchev–Trinajstić information content (AvgIpc) is 3.50. The van der Waals surface area contributed by atoms with Gasteiger partial charge in [0.25, 0.3) is 0 Å². The minimum absolute atomic E-state index is 0.302. The Morgan fingerprint density at radius 3 is 2.64 bits per heavy atom. The maximum Gasteiger partial charge on any atom is 0.191 e. The topological polar surface area (TPSA) is 48.9 Å². The smallest absolute Gasteiger partial charge is 0.191 e. The van der Waals surface area contributed by atoms with Gasteiger partial charge in [-0.2, -0.15) is 0 Å². The van der Waals surface area contributed by atoms with Crippen LogP contribution < -0.4 is 15.4 Å². The van der Waals surface area contributed by atoms with Crippen molar-refractivity contribution in [2.24, 2.45) is 10.9 Å². The summed E-state index contributed by atoms with van der Waals surface area (Å²) in [5, 5.41) is 7.00. The molecule has 138 valence electrons. The van der Waals surface area contributed by atoms with Crippen LogP contribution in [0.1, 0.15) is 43.7 Å². The summed E-state index contributed by atoms with van der Waals surface area (Å²) in [6, 6.07) is 8.71. The zero-order chi connectivity index (χ0) is 17.5. The van der Waals surface area contributed by atoms with E-state index >= 15 is 0 Å². The predicted octanol–water partition coefficient (Wildman–Crippen LogP) is 2.80. The number of aliphatic imine (C=N–C) groups is 1. The highest BCUT2D eigenvalue weighted by molar-refractivity contribution is 5.79. The van der Waals surface area contributed by atoms with Crippen molar-refractivity contribution in [2.45, 2.75) is 38.1 Å². The van der Waals surface area contributed by atoms with Gasteiger partial charge in [0.05, 0.1) is 13.2 Å². The standard InChI is InChI=1S/C20H32N4O/c1-21-20(22-14-16-10-11-16)23-15-18(24-12-6-3-7-13-24)17-8-4-5-9-19(17)25-2/h4-5,8-9,16,18H,3,6-7,10-15H2,1-2H3,(H2,21,22,23). The van der Waals surface area contributed by atoms with Crippen LogP contribution in [0.2, 0.25) is 0 Å². The number of rotatable bonds is 7. The Kier molecular flexibility index (Phi) is 6.56. The molecule has 1 aliphatic heterocycles. The molecule has 0 amide bonds. The highest BCUT2D eigenvalue weighted by atomic mass is 16.5. The second kappa shape index (κ2) is 9.09. The SMILES string of the molecule is CN=C(NCC1CC1)NCC(c1ccccc1OC)N1CCCCC1. The number of likely N-dealkylation sites (tertiary alicyclic amines) is 1. The first kappa shape index (κ1) is 18.1. The molecule has 1 aromatic rings. The minimum Gasteiger partial charge on any atom is -0.496 e. The number of ether oxygens (including phenoxy) is 1. The molecule has 1 aliphatic carbocycles. The first-order valence-corrected chi connectivity index (χ1v) is 9.63. The Labute approximate surface area is 151 Å². The molecule has 0 spiro atoms. The van der Waals surface area contributed by atoms with E-state index in [-0.39, 0.29) is 0 Å². The molecule has 0 radical (unpaired) electrons. The molecule has 0 bridgehead atoms. The highest BCUT2D eigenvalue weighted by Gasteiger charge is 2.25. The fraction of sp³-hybridized carbons (Fsp3) is 0.650. The number of hydrogen-bond acceptors (Lipinski definition) is 3. The molecule has 1 unspecified atom stereocenters. The fourth-order valence-electron chi connectivity index (χ4n) is 3.58. The van der Waals surface area contributed by atoms with E-state index in [4.69, 9.17) is 4.74 Å².